The first-order chi connectivity index (χ1) is 9.25. The summed E-state index contributed by atoms with van der Waals surface area (Å²) < 4.78 is 0. The van der Waals surface area contributed by atoms with E-state index in [1.165, 1.54) is 0 Å². The molecule has 5 nitrogen and oxygen atoms in total. The Bertz CT molecular complexity index is 390. The lowest BCUT2D eigenvalue weighted by Crippen LogP contribution is -2.47. The topological polar surface area (TPSA) is 57.3 Å². The van der Waals surface area contributed by atoms with Crippen LogP contribution in [0.1, 0.15) is 12.5 Å². The maximum atomic E-state index is 12.0. The third-order valence-electron chi connectivity index (χ3n) is 3.41. The van der Waals surface area contributed by atoms with Crippen molar-refractivity contribution in [3.05, 3.63) is 30.1 Å². The molecule has 0 bridgehead atoms. The van der Waals surface area contributed by atoms with Gasteiger partial charge in [-0.25, -0.2) is 0 Å². The molecule has 2 N–H and O–H groups in total. The first-order valence-electron chi connectivity index (χ1n) is 6.85. The molecule has 2 rings (SSSR count). The number of carbonyl (C=O) groups is 1. The van der Waals surface area contributed by atoms with Crippen molar-refractivity contribution in [2.75, 3.05) is 32.7 Å². The highest BCUT2D eigenvalue weighted by atomic mass is 16.1. The number of pyridine rings is 1. The second-order valence-electron chi connectivity index (χ2n) is 5.02. The van der Waals surface area contributed by atoms with Crippen molar-refractivity contribution in [3.8, 4) is 0 Å². The Morgan fingerprint density at radius 1 is 1.42 bits per heavy atom. The molecule has 0 radical (unpaired) electrons. The molecule has 0 aromatic carbocycles. The van der Waals surface area contributed by atoms with Gasteiger partial charge in [-0.15, -0.1) is 0 Å². The molecule has 1 saturated heterocycles. The highest BCUT2D eigenvalue weighted by Crippen LogP contribution is 2.03. The summed E-state index contributed by atoms with van der Waals surface area (Å²) >= 11 is 0. The quantitative estimate of drug-likeness (QED) is 0.798. The number of hydrogen-bond acceptors (Lipinski definition) is 4. The Morgan fingerprint density at radius 3 is 2.79 bits per heavy atom. The van der Waals surface area contributed by atoms with Gasteiger partial charge in [0.2, 0.25) is 5.91 Å². The van der Waals surface area contributed by atoms with Crippen molar-refractivity contribution >= 4 is 5.91 Å². The summed E-state index contributed by atoms with van der Waals surface area (Å²) in [5.74, 6) is 0.148. The average molecular weight is 262 g/mol. The number of nitrogens with zero attached hydrogens (tertiary/aromatic N) is 2. The SMILES string of the molecule is CC(CN1CCNCC1)C(=O)NCc1ccncc1. The van der Waals surface area contributed by atoms with Crippen LogP contribution in [0, 0.1) is 5.92 Å². The predicted octanol–water partition coefficient (Wildman–Crippen LogP) is 0.239. The highest BCUT2D eigenvalue weighted by Gasteiger charge is 2.18. The van der Waals surface area contributed by atoms with Crippen LogP contribution in [0.4, 0.5) is 0 Å². The van der Waals surface area contributed by atoms with Crippen LogP contribution in [0.5, 0.6) is 0 Å². The van der Waals surface area contributed by atoms with Crippen LogP contribution < -0.4 is 10.6 Å². The fraction of sp³-hybridized carbons (Fsp3) is 0.571. The van der Waals surface area contributed by atoms with E-state index in [4.69, 9.17) is 0 Å². The van der Waals surface area contributed by atoms with Gasteiger partial charge in [0.1, 0.15) is 0 Å². The molecule has 1 aliphatic heterocycles. The van der Waals surface area contributed by atoms with Gasteiger partial charge >= 0.3 is 0 Å². The Hall–Kier alpha value is -1.46. The maximum absolute atomic E-state index is 12.0. The largest absolute Gasteiger partial charge is 0.352 e. The molecule has 0 spiro atoms. The van der Waals surface area contributed by atoms with Gasteiger partial charge in [0.15, 0.2) is 0 Å². The Kier molecular flexibility index (Phi) is 5.30. The van der Waals surface area contributed by atoms with Crippen LogP contribution in [0.15, 0.2) is 24.5 Å². The Balaban J connectivity index is 1.72. The zero-order chi connectivity index (χ0) is 13.5. The molecule has 1 aromatic rings. The fourth-order valence-corrected chi connectivity index (χ4v) is 2.23. The van der Waals surface area contributed by atoms with Crippen molar-refractivity contribution in [1.29, 1.82) is 0 Å². The lowest BCUT2D eigenvalue weighted by Gasteiger charge is -2.29. The van der Waals surface area contributed by atoms with Gasteiger partial charge in [0.25, 0.3) is 0 Å². The third-order valence-corrected chi connectivity index (χ3v) is 3.41. The molecule has 5 heteroatoms. The zero-order valence-corrected chi connectivity index (χ0v) is 11.4. The first kappa shape index (κ1) is 14.0. The minimum atomic E-state index is 0.0277. The number of amides is 1. The predicted molar refractivity (Wildman–Crippen MR) is 74.6 cm³/mol. The summed E-state index contributed by atoms with van der Waals surface area (Å²) in [5, 5.41) is 6.29. The molecule has 0 aliphatic carbocycles. The van der Waals surface area contributed by atoms with Crippen LogP contribution in [0.2, 0.25) is 0 Å². The maximum Gasteiger partial charge on any atom is 0.224 e. The van der Waals surface area contributed by atoms with Gasteiger partial charge in [-0.1, -0.05) is 6.92 Å². The van der Waals surface area contributed by atoms with E-state index in [0.29, 0.717) is 6.54 Å². The number of hydrogen-bond donors (Lipinski definition) is 2. The molecule has 0 saturated carbocycles. The van der Waals surface area contributed by atoms with E-state index in [0.717, 1.165) is 38.3 Å². The monoisotopic (exact) mass is 262 g/mol. The smallest absolute Gasteiger partial charge is 0.224 e. The summed E-state index contributed by atoms with van der Waals surface area (Å²) in [6.45, 7) is 7.50. The summed E-state index contributed by atoms with van der Waals surface area (Å²) in [6.07, 6.45) is 3.48. The molecule has 2 heterocycles. The van der Waals surface area contributed by atoms with Gasteiger partial charge in [-0.05, 0) is 17.7 Å². The molecule has 1 unspecified atom stereocenters. The molecular formula is C14H22N4O. The number of piperazine rings is 1. The molecule has 1 atom stereocenters. The molecular weight excluding hydrogens is 240 g/mol. The van der Waals surface area contributed by atoms with Gasteiger partial charge in [0.05, 0.1) is 0 Å². The molecule has 1 aliphatic rings. The van der Waals surface area contributed by atoms with Gasteiger partial charge in [-0.3, -0.25) is 9.78 Å². The van der Waals surface area contributed by atoms with Crippen LogP contribution in [-0.4, -0.2) is 48.5 Å². The fourth-order valence-electron chi connectivity index (χ4n) is 2.23. The number of nitrogens with one attached hydrogen (secondary N) is 2. The molecule has 1 amide bonds. The summed E-state index contributed by atoms with van der Waals surface area (Å²) in [4.78, 5) is 18.3. The van der Waals surface area contributed by atoms with Gasteiger partial charge in [-0.2, -0.15) is 0 Å². The van der Waals surface area contributed by atoms with E-state index >= 15 is 0 Å². The van der Waals surface area contributed by atoms with Crippen molar-refractivity contribution in [2.24, 2.45) is 5.92 Å². The normalized spacial score (nSPS) is 17.9. The van der Waals surface area contributed by atoms with Crippen LogP contribution in [-0.2, 0) is 11.3 Å². The van der Waals surface area contributed by atoms with E-state index in [2.05, 4.69) is 20.5 Å². The van der Waals surface area contributed by atoms with E-state index < -0.39 is 0 Å². The molecule has 1 fully saturated rings. The van der Waals surface area contributed by atoms with Crippen LogP contribution in [0.3, 0.4) is 0 Å². The van der Waals surface area contributed by atoms with Crippen molar-refractivity contribution < 1.29 is 4.79 Å². The first-order valence-corrected chi connectivity index (χ1v) is 6.85. The van der Waals surface area contributed by atoms with Crippen LogP contribution >= 0.6 is 0 Å². The Morgan fingerprint density at radius 2 is 2.11 bits per heavy atom. The highest BCUT2D eigenvalue weighted by molar-refractivity contribution is 5.78. The van der Waals surface area contributed by atoms with Crippen LogP contribution in [0.25, 0.3) is 0 Å². The summed E-state index contributed by atoms with van der Waals surface area (Å²) in [7, 11) is 0. The minimum absolute atomic E-state index is 0.0277. The number of rotatable bonds is 5. The average Bonchev–Trinajstić information content (AvgIpc) is 2.47. The van der Waals surface area contributed by atoms with E-state index in [1.54, 1.807) is 12.4 Å². The Labute approximate surface area is 114 Å². The summed E-state index contributed by atoms with van der Waals surface area (Å²) in [5.41, 5.74) is 1.08. The van der Waals surface area contributed by atoms with Crippen molar-refractivity contribution in [1.82, 2.24) is 20.5 Å². The summed E-state index contributed by atoms with van der Waals surface area (Å²) in [6, 6.07) is 3.84. The molecule has 19 heavy (non-hydrogen) atoms. The number of aromatic nitrogens is 1. The lowest BCUT2D eigenvalue weighted by molar-refractivity contribution is -0.125. The van der Waals surface area contributed by atoms with E-state index in [9.17, 15) is 4.79 Å². The molecule has 104 valence electrons. The minimum Gasteiger partial charge on any atom is -0.352 e. The van der Waals surface area contributed by atoms with Gasteiger partial charge < -0.3 is 15.5 Å². The van der Waals surface area contributed by atoms with E-state index in [-0.39, 0.29) is 11.8 Å². The van der Waals surface area contributed by atoms with Gasteiger partial charge in [0, 0.05) is 57.6 Å². The number of carbonyl (C=O) groups excluding carboxylic acids is 1. The standard InChI is InChI=1S/C14H22N4O/c1-12(11-18-8-6-16-7-9-18)14(19)17-10-13-2-4-15-5-3-13/h2-5,12,16H,6-11H2,1H3,(H,17,19). The van der Waals surface area contributed by atoms with E-state index in [1.807, 2.05) is 19.1 Å². The lowest BCUT2D eigenvalue weighted by atomic mass is 10.1. The zero-order valence-electron chi connectivity index (χ0n) is 11.4. The second kappa shape index (κ2) is 7.21. The van der Waals surface area contributed by atoms with Crippen molar-refractivity contribution in [3.63, 3.8) is 0 Å². The second-order valence-corrected chi connectivity index (χ2v) is 5.02. The third kappa shape index (κ3) is 4.61. The molecule has 1 aromatic heterocycles. The van der Waals surface area contributed by atoms with Crippen molar-refractivity contribution in [2.45, 2.75) is 13.5 Å².